The molecular formula is C10H23N3O3S. The maximum atomic E-state index is 12.1. The van der Waals surface area contributed by atoms with Crippen LogP contribution in [0.3, 0.4) is 0 Å². The molecule has 1 saturated heterocycles. The SMILES string of the molecule is COCC(C)NS(=O)(=O)N1CCCCC1CN. The molecule has 1 rings (SSSR count). The number of nitrogens with two attached hydrogens (primary N) is 1. The fraction of sp³-hybridized carbons (Fsp3) is 1.00. The maximum Gasteiger partial charge on any atom is 0.280 e. The second kappa shape index (κ2) is 6.65. The van der Waals surface area contributed by atoms with Gasteiger partial charge in [0.05, 0.1) is 6.61 Å². The third-order valence-electron chi connectivity index (χ3n) is 2.92. The lowest BCUT2D eigenvalue weighted by atomic mass is 10.1. The summed E-state index contributed by atoms with van der Waals surface area (Å²) in [5.41, 5.74) is 5.62. The standard InChI is InChI=1S/C10H23N3O3S/c1-9(8-16-2)12-17(14,15)13-6-4-3-5-10(13)7-11/h9-10,12H,3-8,11H2,1-2H3. The normalized spacial score (nSPS) is 24.8. The van der Waals surface area contributed by atoms with Crippen LogP contribution in [0, 0.1) is 0 Å². The Balaban J connectivity index is 2.67. The van der Waals surface area contributed by atoms with Crippen LogP contribution in [-0.4, -0.2) is 51.6 Å². The van der Waals surface area contributed by atoms with Gasteiger partial charge in [0.25, 0.3) is 10.2 Å². The quantitative estimate of drug-likeness (QED) is 0.688. The summed E-state index contributed by atoms with van der Waals surface area (Å²) in [6.07, 6.45) is 2.79. The highest BCUT2D eigenvalue weighted by atomic mass is 32.2. The highest BCUT2D eigenvalue weighted by Gasteiger charge is 2.32. The molecule has 7 heteroatoms. The summed E-state index contributed by atoms with van der Waals surface area (Å²) in [6, 6.07) is -0.304. The topological polar surface area (TPSA) is 84.7 Å². The number of nitrogens with zero attached hydrogens (tertiary/aromatic N) is 1. The molecule has 2 unspecified atom stereocenters. The zero-order valence-electron chi connectivity index (χ0n) is 10.6. The summed E-state index contributed by atoms with van der Waals surface area (Å²) in [4.78, 5) is 0. The van der Waals surface area contributed by atoms with Crippen LogP contribution in [0.4, 0.5) is 0 Å². The van der Waals surface area contributed by atoms with Crippen LogP contribution in [0.5, 0.6) is 0 Å². The Morgan fingerprint density at radius 1 is 1.53 bits per heavy atom. The van der Waals surface area contributed by atoms with Crippen molar-refractivity contribution < 1.29 is 13.2 Å². The monoisotopic (exact) mass is 265 g/mol. The molecule has 0 radical (unpaired) electrons. The third-order valence-corrected chi connectivity index (χ3v) is 4.72. The molecule has 0 aromatic carbocycles. The minimum absolute atomic E-state index is 0.0732. The number of hydrogen-bond donors (Lipinski definition) is 2. The van der Waals surface area contributed by atoms with Crippen LogP contribution in [-0.2, 0) is 14.9 Å². The van der Waals surface area contributed by atoms with Crippen LogP contribution in [0.15, 0.2) is 0 Å². The van der Waals surface area contributed by atoms with E-state index in [0.717, 1.165) is 19.3 Å². The fourth-order valence-electron chi connectivity index (χ4n) is 2.13. The van der Waals surface area contributed by atoms with E-state index in [-0.39, 0.29) is 12.1 Å². The lowest BCUT2D eigenvalue weighted by Gasteiger charge is -2.34. The minimum atomic E-state index is -3.44. The van der Waals surface area contributed by atoms with E-state index < -0.39 is 10.2 Å². The average molecular weight is 265 g/mol. The lowest BCUT2D eigenvalue weighted by molar-refractivity contribution is 0.177. The van der Waals surface area contributed by atoms with Crippen molar-refractivity contribution in [1.29, 1.82) is 0 Å². The van der Waals surface area contributed by atoms with Crippen LogP contribution in [0.25, 0.3) is 0 Å². The summed E-state index contributed by atoms with van der Waals surface area (Å²) in [7, 11) is -1.89. The number of nitrogens with one attached hydrogen (secondary N) is 1. The number of rotatable bonds is 6. The molecule has 1 aliphatic heterocycles. The lowest BCUT2D eigenvalue weighted by Crippen LogP contribution is -2.53. The first kappa shape index (κ1) is 14.8. The Morgan fingerprint density at radius 3 is 2.82 bits per heavy atom. The van der Waals surface area contributed by atoms with Gasteiger partial charge < -0.3 is 10.5 Å². The zero-order valence-corrected chi connectivity index (χ0v) is 11.4. The second-order valence-corrected chi connectivity index (χ2v) is 6.13. The van der Waals surface area contributed by atoms with Crippen molar-refractivity contribution in [2.24, 2.45) is 5.73 Å². The van der Waals surface area contributed by atoms with Crippen molar-refractivity contribution in [1.82, 2.24) is 9.03 Å². The summed E-state index contributed by atoms with van der Waals surface area (Å²) < 4.78 is 33.3. The number of ether oxygens (including phenoxy) is 1. The Bertz CT molecular complexity index is 321. The molecule has 2 atom stereocenters. The minimum Gasteiger partial charge on any atom is -0.383 e. The van der Waals surface area contributed by atoms with Crippen molar-refractivity contribution in [2.75, 3.05) is 26.8 Å². The summed E-state index contributed by atoms with van der Waals surface area (Å²) >= 11 is 0. The van der Waals surface area contributed by atoms with Gasteiger partial charge in [-0.15, -0.1) is 0 Å². The Hall–Kier alpha value is -0.210. The molecule has 0 bridgehead atoms. The van der Waals surface area contributed by atoms with E-state index in [1.54, 1.807) is 14.0 Å². The zero-order chi connectivity index (χ0) is 12.9. The molecule has 0 aromatic heterocycles. The van der Waals surface area contributed by atoms with Crippen molar-refractivity contribution >= 4 is 10.2 Å². The van der Waals surface area contributed by atoms with E-state index in [0.29, 0.717) is 19.7 Å². The van der Waals surface area contributed by atoms with Crippen molar-refractivity contribution in [3.05, 3.63) is 0 Å². The van der Waals surface area contributed by atoms with E-state index >= 15 is 0 Å². The van der Waals surface area contributed by atoms with Crippen LogP contribution >= 0.6 is 0 Å². The molecule has 0 amide bonds. The summed E-state index contributed by atoms with van der Waals surface area (Å²) in [6.45, 7) is 3.07. The smallest absolute Gasteiger partial charge is 0.280 e. The molecule has 3 N–H and O–H groups in total. The molecule has 1 heterocycles. The van der Waals surface area contributed by atoms with Crippen molar-refractivity contribution in [2.45, 2.75) is 38.3 Å². The Morgan fingerprint density at radius 2 is 2.24 bits per heavy atom. The van der Waals surface area contributed by atoms with Gasteiger partial charge in [-0.25, -0.2) is 0 Å². The number of methoxy groups -OCH3 is 1. The van der Waals surface area contributed by atoms with Crippen LogP contribution in [0.2, 0.25) is 0 Å². The van der Waals surface area contributed by atoms with Gasteiger partial charge in [-0.05, 0) is 19.8 Å². The van der Waals surface area contributed by atoms with Gasteiger partial charge >= 0.3 is 0 Å². The number of piperidine rings is 1. The Kier molecular flexibility index (Phi) is 5.81. The maximum absolute atomic E-state index is 12.1. The highest BCUT2D eigenvalue weighted by molar-refractivity contribution is 7.87. The molecule has 102 valence electrons. The fourth-order valence-corrected chi connectivity index (χ4v) is 3.80. The van der Waals surface area contributed by atoms with E-state index in [4.69, 9.17) is 10.5 Å². The number of hydrogen-bond acceptors (Lipinski definition) is 4. The molecular weight excluding hydrogens is 242 g/mol. The van der Waals surface area contributed by atoms with E-state index in [9.17, 15) is 8.42 Å². The largest absolute Gasteiger partial charge is 0.383 e. The van der Waals surface area contributed by atoms with E-state index in [1.807, 2.05) is 0 Å². The van der Waals surface area contributed by atoms with Gasteiger partial charge in [0, 0.05) is 32.3 Å². The molecule has 6 nitrogen and oxygen atoms in total. The van der Waals surface area contributed by atoms with Gasteiger partial charge in [0.1, 0.15) is 0 Å². The molecule has 1 fully saturated rings. The van der Waals surface area contributed by atoms with E-state index in [2.05, 4.69) is 4.72 Å². The molecule has 0 aliphatic carbocycles. The van der Waals surface area contributed by atoms with Gasteiger partial charge in [-0.2, -0.15) is 17.4 Å². The first-order chi connectivity index (χ1) is 8.01. The first-order valence-corrected chi connectivity index (χ1v) is 7.43. The van der Waals surface area contributed by atoms with Gasteiger partial charge in [0.2, 0.25) is 0 Å². The summed E-state index contributed by atoms with van der Waals surface area (Å²) in [5.74, 6) is 0. The molecule has 0 saturated carbocycles. The van der Waals surface area contributed by atoms with Crippen LogP contribution in [0.1, 0.15) is 26.2 Å². The second-order valence-electron chi connectivity index (χ2n) is 4.48. The summed E-state index contributed by atoms with van der Waals surface area (Å²) in [5, 5.41) is 0. The Labute approximate surface area is 104 Å². The van der Waals surface area contributed by atoms with Gasteiger partial charge in [-0.1, -0.05) is 6.42 Å². The van der Waals surface area contributed by atoms with Crippen molar-refractivity contribution in [3.8, 4) is 0 Å². The molecule has 17 heavy (non-hydrogen) atoms. The first-order valence-electron chi connectivity index (χ1n) is 5.99. The molecule has 0 spiro atoms. The molecule has 0 aromatic rings. The molecule has 1 aliphatic rings. The third kappa shape index (κ3) is 4.18. The van der Waals surface area contributed by atoms with Crippen molar-refractivity contribution in [3.63, 3.8) is 0 Å². The predicted octanol–water partition coefficient (Wildman–Crippen LogP) is -0.331. The van der Waals surface area contributed by atoms with Gasteiger partial charge in [0.15, 0.2) is 0 Å². The highest BCUT2D eigenvalue weighted by Crippen LogP contribution is 2.19. The van der Waals surface area contributed by atoms with Crippen LogP contribution < -0.4 is 10.5 Å². The average Bonchev–Trinajstić information content (AvgIpc) is 2.28. The van der Waals surface area contributed by atoms with E-state index in [1.165, 1.54) is 4.31 Å². The predicted molar refractivity (Wildman–Crippen MR) is 66.8 cm³/mol. The van der Waals surface area contributed by atoms with Gasteiger partial charge in [-0.3, -0.25) is 0 Å².